The van der Waals surface area contributed by atoms with Crippen molar-refractivity contribution in [3.05, 3.63) is 57.6 Å². The van der Waals surface area contributed by atoms with Gasteiger partial charge in [-0.2, -0.15) is 0 Å². The Bertz CT molecular complexity index is 580. The van der Waals surface area contributed by atoms with Crippen LogP contribution in [0.3, 0.4) is 0 Å². The van der Waals surface area contributed by atoms with Crippen LogP contribution in [0.25, 0.3) is 0 Å². The maximum absolute atomic E-state index is 11.9. The second-order valence-electron chi connectivity index (χ2n) is 3.81. The molecule has 0 radical (unpaired) electrons. The van der Waals surface area contributed by atoms with Gasteiger partial charge >= 0.3 is 5.97 Å². The molecule has 0 unspecified atom stereocenters. The van der Waals surface area contributed by atoms with E-state index >= 15 is 0 Å². The molecule has 1 aromatic carbocycles. The Labute approximate surface area is 120 Å². The smallest absolute Gasteiger partial charge is 0.343 e. The molecule has 0 N–H and O–H groups in total. The number of rotatable bonds is 3. The quantitative estimate of drug-likeness (QED) is 0.494. The average Bonchev–Trinajstić information content (AvgIpc) is 2.36. The van der Waals surface area contributed by atoms with Crippen LogP contribution in [0.5, 0.6) is 0 Å². The zero-order chi connectivity index (χ0) is 13.8. The first-order valence-corrected chi connectivity index (χ1v) is 6.24. The largest absolute Gasteiger partial charge is 0.457 e. The van der Waals surface area contributed by atoms with E-state index in [1.807, 2.05) is 30.3 Å². The fourth-order valence-corrected chi connectivity index (χ4v) is 2.08. The summed E-state index contributed by atoms with van der Waals surface area (Å²) in [5, 5.41) is -0.00216. The standard InChI is InChI=1S/C13H10Cl2N2O2/c1-8-10(11(14)17-13(15)16-8)12(18)19-7-9-5-3-2-4-6-9/h2-6H,7H2,1H3. The molecule has 0 aliphatic heterocycles. The van der Waals surface area contributed by atoms with Crippen molar-refractivity contribution >= 4 is 29.2 Å². The molecular weight excluding hydrogens is 287 g/mol. The van der Waals surface area contributed by atoms with E-state index in [0.29, 0.717) is 5.69 Å². The summed E-state index contributed by atoms with van der Waals surface area (Å²) < 4.78 is 5.17. The normalized spacial score (nSPS) is 10.3. The van der Waals surface area contributed by atoms with Gasteiger partial charge in [-0.05, 0) is 24.1 Å². The average molecular weight is 297 g/mol. The zero-order valence-electron chi connectivity index (χ0n) is 10.1. The Morgan fingerprint density at radius 3 is 2.53 bits per heavy atom. The number of aromatic nitrogens is 2. The minimum atomic E-state index is -0.567. The summed E-state index contributed by atoms with van der Waals surface area (Å²) >= 11 is 11.5. The van der Waals surface area contributed by atoms with Crippen LogP contribution in [0.15, 0.2) is 30.3 Å². The molecule has 19 heavy (non-hydrogen) atoms. The molecule has 4 nitrogen and oxygen atoms in total. The molecule has 0 atom stereocenters. The number of aryl methyl sites for hydroxylation is 1. The lowest BCUT2D eigenvalue weighted by atomic mass is 10.2. The van der Waals surface area contributed by atoms with E-state index in [1.165, 1.54) is 0 Å². The van der Waals surface area contributed by atoms with Crippen molar-refractivity contribution in [1.29, 1.82) is 0 Å². The second-order valence-corrected chi connectivity index (χ2v) is 4.50. The van der Waals surface area contributed by atoms with Crippen LogP contribution in [0.1, 0.15) is 21.6 Å². The molecule has 1 aromatic heterocycles. The molecule has 0 aliphatic rings. The van der Waals surface area contributed by atoms with Gasteiger partial charge in [0.2, 0.25) is 5.28 Å². The van der Waals surface area contributed by atoms with Gasteiger partial charge in [0, 0.05) is 0 Å². The van der Waals surface area contributed by atoms with Crippen LogP contribution in [0.2, 0.25) is 10.4 Å². The Morgan fingerprint density at radius 2 is 1.89 bits per heavy atom. The molecule has 98 valence electrons. The van der Waals surface area contributed by atoms with E-state index < -0.39 is 5.97 Å². The maximum atomic E-state index is 11.9. The van der Waals surface area contributed by atoms with Gasteiger partial charge in [0.15, 0.2) is 0 Å². The summed E-state index contributed by atoms with van der Waals surface area (Å²) in [4.78, 5) is 19.6. The SMILES string of the molecule is Cc1nc(Cl)nc(Cl)c1C(=O)OCc1ccccc1. The van der Waals surface area contributed by atoms with Crippen LogP contribution in [-0.4, -0.2) is 15.9 Å². The van der Waals surface area contributed by atoms with Crippen molar-refractivity contribution in [3.63, 3.8) is 0 Å². The molecule has 1 heterocycles. The molecule has 0 saturated carbocycles. The van der Waals surface area contributed by atoms with Gasteiger partial charge in [-0.25, -0.2) is 14.8 Å². The van der Waals surface area contributed by atoms with Gasteiger partial charge < -0.3 is 4.74 Å². The van der Waals surface area contributed by atoms with E-state index in [-0.39, 0.29) is 22.6 Å². The van der Waals surface area contributed by atoms with E-state index in [9.17, 15) is 4.79 Å². The predicted octanol–water partition coefficient (Wildman–Crippen LogP) is 3.45. The topological polar surface area (TPSA) is 52.1 Å². The number of halogens is 2. The molecule has 2 aromatic rings. The van der Waals surface area contributed by atoms with Gasteiger partial charge in [-0.15, -0.1) is 0 Å². The summed E-state index contributed by atoms with van der Waals surface area (Å²) in [6, 6.07) is 9.35. The number of hydrogen-bond donors (Lipinski definition) is 0. The van der Waals surface area contributed by atoms with Crippen molar-refractivity contribution in [1.82, 2.24) is 9.97 Å². The molecule has 2 rings (SSSR count). The van der Waals surface area contributed by atoms with Gasteiger partial charge in [-0.1, -0.05) is 41.9 Å². The van der Waals surface area contributed by atoms with E-state index in [2.05, 4.69) is 9.97 Å². The molecule has 0 amide bonds. The fourth-order valence-electron chi connectivity index (χ4n) is 1.53. The molecule has 0 saturated heterocycles. The van der Waals surface area contributed by atoms with Gasteiger partial charge in [0.05, 0.1) is 5.69 Å². The molecule has 0 aliphatic carbocycles. The maximum Gasteiger partial charge on any atom is 0.343 e. The summed E-state index contributed by atoms with van der Waals surface area (Å²) in [6.07, 6.45) is 0. The lowest BCUT2D eigenvalue weighted by Crippen LogP contribution is -2.10. The lowest BCUT2D eigenvalue weighted by molar-refractivity contribution is 0.0471. The minimum Gasteiger partial charge on any atom is -0.457 e. The third-order valence-electron chi connectivity index (χ3n) is 2.44. The van der Waals surface area contributed by atoms with E-state index in [0.717, 1.165) is 5.56 Å². The van der Waals surface area contributed by atoms with Crippen LogP contribution < -0.4 is 0 Å². The number of ether oxygens (including phenoxy) is 1. The lowest BCUT2D eigenvalue weighted by Gasteiger charge is -2.08. The van der Waals surface area contributed by atoms with Crippen LogP contribution in [-0.2, 0) is 11.3 Å². The Balaban J connectivity index is 2.13. The van der Waals surface area contributed by atoms with Crippen molar-refractivity contribution in [2.75, 3.05) is 0 Å². The number of nitrogens with zero attached hydrogens (tertiary/aromatic N) is 2. The highest BCUT2D eigenvalue weighted by molar-refractivity contribution is 6.34. The summed E-state index contributed by atoms with van der Waals surface area (Å²) in [6.45, 7) is 1.79. The monoisotopic (exact) mass is 296 g/mol. The van der Waals surface area contributed by atoms with Gasteiger partial charge in [-0.3, -0.25) is 0 Å². The zero-order valence-corrected chi connectivity index (χ0v) is 11.6. The van der Waals surface area contributed by atoms with Gasteiger partial charge in [0.25, 0.3) is 0 Å². The molecule has 0 fully saturated rings. The highest BCUT2D eigenvalue weighted by atomic mass is 35.5. The summed E-state index contributed by atoms with van der Waals surface area (Å²) in [7, 11) is 0. The highest BCUT2D eigenvalue weighted by Crippen LogP contribution is 2.19. The van der Waals surface area contributed by atoms with Gasteiger partial charge in [0.1, 0.15) is 17.3 Å². The predicted molar refractivity (Wildman–Crippen MR) is 72.4 cm³/mol. The van der Waals surface area contributed by atoms with Crippen molar-refractivity contribution < 1.29 is 9.53 Å². The Kier molecular flexibility index (Phi) is 4.35. The first kappa shape index (κ1) is 13.8. The van der Waals surface area contributed by atoms with Crippen molar-refractivity contribution in [2.45, 2.75) is 13.5 Å². The first-order valence-electron chi connectivity index (χ1n) is 5.48. The second kappa shape index (κ2) is 5.99. The Morgan fingerprint density at radius 1 is 1.21 bits per heavy atom. The number of carbonyl (C=O) groups is 1. The molecule has 0 bridgehead atoms. The molecule has 0 spiro atoms. The van der Waals surface area contributed by atoms with Crippen LogP contribution >= 0.6 is 23.2 Å². The first-order chi connectivity index (χ1) is 9.08. The number of benzene rings is 1. The van der Waals surface area contributed by atoms with E-state index in [4.69, 9.17) is 27.9 Å². The number of carbonyl (C=O) groups excluding carboxylic acids is 1. The minimum absolute atomic E-state index is 0.00195. The van der Waals surface area contributed by atoms with Crippen LogP contribution in [0.4, 0.5) is 0 Å². The third-order valence-corrected chi connectivity index (χ3v) is 2.88. The molecule has 6 heteroatoms. The van der Waals surface area contributed by atoms with Crippen LogP contribution in [0, 0.1) is 6.92 Å². The highest BCUT2D eigenvalue weighted by Gasteiger charge is 2.18. The van der Waals surface area contributed by atoms with E-state index in [1.54, 1.807) is 6.92 Å². The number of esters is 1. The third kappa shape index (κ3) is 3.43. The molecular formula is C13H10Cl2N2O2. The number of hydrogen-bond acceptors (Lipinski definition) is 4. The summed E-state index contributed by atoms with van der Waals surface area (Å²) in [5.41, 5.74) is 1.42. The van der Waals surface area contributed by atoms with Crippen molar-refractivity contribution in [3.8, 4) is 0 Å². The summed E-state index contributed by atoms with van der Waals surface area (Å²) in [5.74, 6) is -0.567. The fraction of sp³-hybridized carbons (Fsp3) is 0.154. The Hall–Kier alpha value is -1.65. The van der Waals surface area contributed by atoms with Crippen molar-refractivity contribution in [2.24, 2.45) is 0 Å².